The fraction of sp³-hybridized carbons (Fsp3) is 0.600. The second-order valence-electron chi connectivity index (χ2n) is 7.79. The van der Waals surface area contributed by atoms with E-state index < -0.39 is 5.60 Å². The minimum atomic E-state index is -0.479. The Morgan fingerprint density at radius 1 is 1.21 bits per heavy atom. The molecule has 8 heteroatoms. The van der Waals surface area contributed by atoms with Crippen LogP contribution in [0.25, 0.3) is 0 Å². The first kappa shape index (κ1) is 24.4. The SMILES string of the molecule is CN(C)C=O.COc1ccc(Cl)c(Cl)c1C1CCN(C(=O)OC(C)(C)C)CC1. The van der Waals surface area contributed by atoms with Crippen molar-refractivity contribution in [1.29, 1.82) is 0 Å². The summed E-state index contributed by atoms with van der Waals surface area (Å²) in [6.07, 6.45) is 2.09. The minimum Gasteiger partial charge on any atom is -0.496 e. The van der Waals surface area contributed by atoms with Gasteiger partial charge in [0.15, 0.2) is 0 Å². The zero-order valence-corrected chi connectivity index (χ0v) is 18.9. The fourth-order valence-electron chi connectivity index (χ4n) is 2.78. The molecule has 0 bridgehead atoms. The van der Waals surface area contributed by atoms with E-state index in [1.807, 2.05) is 26.8 Å². The highest BCUT2D eigenvalue weighted by Gasteiger charge is 2.30. The summed E-state index contributed by atoms with van der Waals surface area (Å²) >= 11 is 12.5. The van der Waals surface area contributed by atoms with Crippen LogP contribution >= 0.6 is 23.2 Å². The van der Waals surface area contributed by atoms with E-state index >= 15 is 0 Å². The van der Waals surface area contributed by atoms with Gasteiger partial charge in [-0.05, 0) is 51.7 Å². The number of hydrogen-bond donors (Lipinski definition) is 0. The van der Waals surface area contributed by atoms with Crippen molar-refractivity contribution in [2.75, 3.05) is 34.3 Å². The summed E-state index contributed by atoms with van der Waals surface area (Å²) in [5.41, 5.74) is 0.457. The van der Waals surface area contributed by atoms with E-state index in [-0.39, 0.29) is 12.0 Å². The number of carbonyl (C=O) groups excluding carboxylic acids is 2. The summed E-state index contributed by atoms with van der Waals surface area (Å²) in [5, 5.41) is 1.07. The van der Waals surface area contributed by atoms with Crippen molar-refractivity contribution in [3.8, 4) is 5.75 Å². The van der Waals surface area contributed by atoms with Crippen LogP contribution < -0.4 is 4.74 Å². The van der Waals surface area contributed by atoms with Crippen molar-refractivity contribution in [3.63, 3.8) is 0 Å². The quantitative estimate of drug-likeness (QED) is 0.642. The van der Waals surface area contributed by atoms with Crippen LogP contribution in [0, 0.1) is 0 Å². The Hall–Kier alpha value is -1.66. The van der Waals surface area contributed by atoms with Crippen LogP contribution in [0.15, 0.2) is 12.1 Å². The Morgan fingerprint density at radius 2 is 1.75 bits per heavy atom. The third kappa shape index (κ3) is 7.40. The molecule has 158 valence electrons. The number of halogens is 2. The Labute approximate surface area is 177 Å². The zero-order valence-electron chi connectivity index (χ0n) is 17.4. The summed E-state index contributed by atoms with van der Waals surface area (Å²) in [5.74, 6) is 0.963. The van der Waals surface area contributed by atoms with Crippen molar-refractivity contribution in [1.82, 2.24) is 9.80 Å². The highest BCUT2D eigenvalue weighted by molar-refractivity contribution is 6.42. The largest absolute Gasteiger partial charge is 0.496 e. The summed E-state index contributed by atoms with van der Waals surface area (Å²) in [7, 11) is 5.00. The van der Waals surface area contributed by atoms with E-state index in [0.717, 1.165) is 30.6 Å². The average molecular weight is 433 g/mol. The Bertz CT molecular complexity index is 667. The maximum absolute atomic E-state index is 12.1. The van der Waals surface area contributed by atoms with Crippen LogP contribution in [0.1, 0.15) is 45.1 Å². The van der Waals surface area contributed by atoms with Gasteiger partial charge in [0, 0.05) is 32.7 Å². The van der Waals surface area contributed by atoms with Crippen molar-refractivity contribution in [2.45, 2.75) is 45.1 Å². The molecule has 0 radical (unpaired) electrons. The molecule has 1 saturated heterocycles. The van der Waals surface area contributed by atoms with E-state index in [1.54, 1.807) is 32.2 Å². The Kier molecular flexibility index (Phi) is 9.37. The molecule has 0 saturated carbocycles. The Morgan fingerprint density at radius 3 is 2.18 bits per heavy atom. The molecule has 0 N–H and O–H groups in total. The number of carbonyl (C=O) groups is 2. The molecule has 2 rings (SSSR count). The van der Waals surface area contributed by atoms with E-state index in [0.29, 0.717) is 23.1 Å². The topological polar surface area (TPSA) is 59.1 Å². The molecule has 0 atom stereocenters. The molecule has 1 aromatic carbocycles. The van der Waals surface area contributed by atoms with Gasteiger partial charge >= 0.3 is 6.09 Å². The van der Waals surface area contributed by atoms with Gasteiger partial charge in [0.25, 0.3) is 0 Å². The number of amides is 2. The summed E-state index contributed by atoms with van der Waals surface area (Å²) in [6.45, 7) is 6.87. The lowest BCUT2D eigenvalue weighted by Crippen LogP contribution is -2.41. The van der Waals surface area contributed by atoms with Gasteiger partial charge in [-0.1, -0.05) is 23.2 Å². The van der Waals surface area contributed by atoms with Gasteiger partial charge in [-0.15, -0.1) is 0 Å². The van der Waals surface area contributed by atoms with E-state index in [1.165, 1.54) is 4.90 Å². The number of piperidine rings is 1. The molecule has 1 fully saturated rings. The highest BCUT2D eigenvalue weighted by atomic mass is 35.5. The first-order valence-corrected chi connectivity index (χ1v) is 9.87. The molecule has 1 aliphatic rings. The van der Waals surface area contributed by atoms with Gasteiger partial charge < -0.3 is 19.3 Å². The van der Waals surface area contributed by atoms with Crippen LogP contribution in [0.5, 0.6) is 5.75 Å². The molecule has 1 heterocycles. The van der Waals surface area contributed by atoms with Gasteiger partial charge in [0.05, 0.1) is 17.2 Å². The molecule has 28 heavy (non-hydrogen) atoms. The van der Waals surface area contributed by atoms with E-state index in [2.05, 4.69) is 0 Å². The monoisotopic (exact) mass is 432 g/mol. The number of likely N-dealkylation sites (tertiary alicyclic amines) is 1. The van der Waals surface area contributed by atoms with Gasteiger partial charge in [-0.3, -0.25) is 4.79 Å². The molecule has 1 aliphatic heterocycles. The summed E-state index contributed by atoms with van der Waals surface area (Å²) < 4.78 is 10.8. The summed E-state index contributed by atoms with van der Waals surface area (Å²) in [6, 6.07) is 3.58. The first-order chi connectivity index (χ1) is 13.0. The molecule has 0 aliphatic carbocycles. The highest BCUT2D eigenvalue weighted by Crippen LogP contribution is 2.42. The predicted octanol–water partition coefficient (Wildman–Crippen LogP) is 4.82. The van der Waals surface area contributed by atoms with Gasteiger partial charge in [-0.2, -0.15) is 0 Å². The minimum absolute atomic E-state index is 0.217. The van der Waals surface area contributed by atoms with Crippen molar-refractivity contribution < 1.29 is 19.1 Å². The third-order valence-corrected chi connectivity index (χ3v) is 4.90. The number of benzene rings is 1. The maximum atomic E-state index is 12.1. The van der Waals surface area contributed by atoms with Gasteiger partial charge in [0.1, 0.15) is 11.4 Å². The third-order valence-electron chi connectivity index (χ3n) is 4.08. The maximum Gasteiger partial charge on any atom is 0.410 e. The van der Waals surface area contributed by atoms with Crippen LogP contribution in [-0.4, -0.2) is 62.2 Å². The zero-order chi connectivity index (χ0) is 21.5. The molecular formula is C20H30Cl2N2O4. The lowest BCUT2D eigenvalue weighted by atomic mass is 9.89. The second-order valence-corrected chi connectivity index (χ2v) is 8.57. The predicted molar refractivity (Wildman–Crippen MR) is 113 cm³/mol. The number of rotatable bonds is 3. The number of methoxy groups -OCH3 is 1. The Balaban J connectivity index is 0.000000696. The first-order valence-electron chi connectivity index (χ1n) is 9.11. The van der Waals surface area contributed by atoms with E-state index in [9.17, 15) is 9.59 Å². The number of ether oxygens (including phenoxy) is 2. The molecule has 0 spiro atoms. The molecular weight excluding hydrogens is 403 g/mol. The molecule has 6 nitrogen and oxygen atoms in total. The number of hydrogen-bond acceptors (Lipinski definition) is 4. The second kappa shape index (κ2) is 10.8. The molecule has 0 aromatic heterocycles. The van der Waals surface area contributed by atoms with Gasteiger partial charge in [0.2, 0.25) is 6.41 Å². The standard InChI is InChI=1S/C17H23Cl2NO3.C3H7NO/c1-17(2,3)23-16(21)20-9-7-11(8-10-20)14-13(22-4)6-5-12(18)15(14)19;1-4(2)3-5/h5-6,11H,7-10H2,1-4H3;3H,1-2H3. The van der Waals surface area contributed by atoms with Crippen LogP contribution in [0.4, 0.5) is 4.79 Å². The van der Waals surface area contributed by atoms with Crippen molar-refractivity contribution >= 4 is 35.7 Å². The smallest absolute Gasteiger partial charge is 0.410 e. The lowest BCUT2D eigenvalue weighted by molar-refractivity contribution is -0.115. The average Bonchev–Trinajstić information content (AvgIpc) is 2.63. The van der Waals surface area contributed by atoms with E-state index in [4.69, 9.17) is 32.7 Å². The molecule has 1 aromatic rings. The molecule has 0 unspecified atom stereocenters. The van der Waals surface area contributed by atoms with Crippen LogP contribution in [-0.2, 0) is 9.53 Å². The normalized spacial score (nSPS) is 14.6. The number of nitrogens with zero attached hydrogens (tertiary/aromatic N) is 2. The van der Waals surface area contributed by atoms with Crippen LogP contribution in [0.3, 0.4) is 0 Å². The lowest BCUT2D eigenvalue weighted by Gasteiger charge is -2.34. The van der Waals surface area contributed by atoms with Crippen molar-refractivity contribution in [3.05, 3.63) is 27.7 Å². The van der Waals surface area contributed by atoms with Crippen molar-refractivity contribution in [2.24, 2.45) is 0 Å². The molecule has 2 amide bonds. The van der Waals surface area contributed by atoms with Crippen LogP contribution in [0.2, 0.25) is 10.0 Å². The van der Waals surface area contributed by atoms with Gasteiger partial charge in [-0.25, -0.2) is 4.79 Å². The summed E-state index contributed by atoms with van der Waals surface area (Å²) in [4.78, 5) is 24.8. The fourth-order valence-corrected chi connectivity index (χ4v) is 3.26.